The van der Waals surface area contributed by atoms with Crippen molar-refractivity contribution in [2.24, 2.45) is 0 Å². The molecule has 2 aromatic rings. The van der Waals surface area contributed by atoms with Gasteiger partial charge in [-0.3, -0.25) is 0 Å². The van der Waals surface area contributed by atoms with Crippen LogP contribution in [0.2, 0.25) is 0 Å². The fourth-order valence-corrected chi connectivity index (χ4v) is 2.06. The molecule has 0 saturated carbocycles. The molecule has 0 spiro atoms. The van der Waals surface area contributed by atoms with Crippen LogP contribution in [0.1, 0.15) is 11.1 Å². The summed E-state index contributed by atoms with van der Waals surface area (Å²) < 4.78 is 18.8. The number of rotatable bonds is 8. The van der Waals surface area contributed by atoms with Crippen molar-refractivity contribution < 1.29 is 33.9 Å². The zero-order chi connectivity index (χ0) is 15.8. The first-order valence-corrected chi connectivity index (χ1v) is 7.46. The minimum atomic E-state index is -0.228. The van der Waals surface area contributed by atoms with Gasteiger partial charge >= 0.3 is 0 Å². The summed E-state index contributed by atoms with van der Waals surface area (Å²) in [7, 11) is 4.11. The van der Waals surface area contributed by atoms with Crippen LogP contribution in [0.15, 0.2) is 48.5 Å². The van der Waals surface area contributed by atoms with Gasteiger partial charge in [0.1, 0.15) is 18.2 Å². The fraction of sp³-hybridized carbons (Fsp3) is 0.333. The summed E-state index contributed by atoms with van der Waals surface area (Å²) in [4.78, 5) is 2.14. The molecule has 0 bridgehead atoms. The molecule has 0 aliphatic rings. The first-order chi connectivity index (χ1) is 10.6. The first-order valence-electron chi connectivity index (χ1n) is 7.46. The minimum absolute atomic E-state index is 0. The van der Waals surface area contributed by atoms with Crippen LogP contribution in [0, 0.1) is 5.82 Å². The molecule has 0 heterocycles. The molecule has 0 aromatic heterocycles. The summed E-state index contributed by atoms with van der Waals surface area (Å²) in [5, 5.41) is 3.41. The molecular formula is C18H23Cl2FN2O-2. The molecule has 2 aromatic carbocycles. The molecule has 0 aliphatic carbocycles. The highest BCUT2D eigenvalue weighted by molar-refractivity contribution is 5.33. The van der Waals surface area contributed by atoms with Crippen molar-refractivity contribution in [3.63, 3.8) is 0 Å². The molecule has 0 radical (unpaired) electrons. The van der Waals surface area contributed by atoms with E-state index in [0.717, 1.165) is 36.5 Å². The van der Waals surface area contributed by atoms with E-state index in [2.05, 4.69) is 30.4 Å². The lowest BCUT2D eigenvalue weighted by Crippen LogP contribution is -3.00. The number of hydrogen-bond donors (Lipinski definition) is 1. The molecule has 24 heavy (non-hydrogen) atoms. The lowest BCUT2D eigenvalue weighted by molar-refractivity contribution is -0.00100. The number of benzene rings is 2. The van der Waals surface area contributed by atoms with E-state index in [0.29, 0.717) is 6.61 Å². The van der Waals surface area contributed by atoms with Gasteiger partial charge in [0.2, 0.25) is 0 Å². The quantitative estimate of drug-likeness (QED) is 0.502. The van der Waals surface area contributed by atoms with Gasteiger partial charge in [-0.1, -0.05) is 30.3 Å². The molecule has 0 amide bonds. The SMILES string of the molecule is CN(C)CCNCc1ccccc1OCc1ccc(F)cc1.[Cl-].[Cl-]. The molecular weight excluding hydrogens is 350 g/mol. The molecule has 6 heteroatoms. The smallest absolute Gasteiger partial charge is 0.124 e. The lowest BCUT2D eigenvalue weighted by Gasteiger charge is -2.14. The topological polar surface area (TPSA) is 24.5 Å². The molecule has 0 atom stereocenters. The van der Waals surface area contributed by atoms with Gasteiger partial charge in [0.15, 0.2) is 0 Å². The second-order valence-corrected chi connectivity index (χ2v) is 5.50. The Bertz CT molecular complexity index is 579. The van der Waals surface area contributed by atoms with Crippen molar-refractivity contribution in [2.45, 2.75) is 13.2 Å². The van der Waals surface area contributed by atoms with Crippen molar-refractivity contribution in [3.05, 3.63) is 65.5 Å². The maximum Gasteiger partial charge on any atom is 0.124 e. The largest absolute Gasteiger partial charge is 1.00 e. The molecule has 134 valence electrons. The van der Waals surface area contributed by atoms with E-state index in [4.69, 9.17) is 4.74 Å². The van der Waals surface area contributed by atoms with Gasteiger partial charge in [0, 0.05) is 25.2 Å². The van der Waals surface area contributed by atoms with Crippen LogP contribution >= 0.6 is 0 Å². The van der Waals surface area contributed by atoms with Crippen LogP contribution in [0.4, 0.5) is 4.39 Å². The number of ether oxygens (including phenoxy) is 1. The fourth-order valence-electron chi connectivity index (χ4n) is 2.06. The van der Waals surface area contributed by atoms with Gasteiger partial charge in [-0.2, -0.15) is 0 Å². The predicted octanol–water partition coefficient (Wildman–Crippen LogP) is -2.94. The Balaban J connectivity index is 0.00000264. The Labute approximate surface area is 156 Å². The summed E-state index contributed by atoms with van der Waals surface area (Å²) in [6, 6.07) is 14.4. The number of nitrogens with zero attached hydrogens (tertiary/aromatic N) is 1. The lowest BCUT2D eigenvalue weighted by atomic mass is 10.2. The first kappa shape index (κ1) is 22.7. The van der Waals surface area contributed by atoms with Gasteiger partial charge in [-0.05, 0) is 37.9 Å². The molecule has 3 nitrogen and oxygen atoms in total. The molecule has 2 rings (SSSR count). The summed E-state index contributed by atoms with van der Waals surface area (Å²) in [6.45, 7) is 3.14. The number of para-hydroxylation sites is 1. The standard InChI is InChI=1S/C18H23FN2O.2ClH/c1-21(2)12-11-20-13-16-5-3-4-6-18(16)22-14-15-7-9-17(19)10-8-15;;/h3-10,20H,11-14H2,1-2H3;2*1H/p-2. The van der Waals surface area contributed by atoms with E-state index >= 15 is 0 Å². The van der Waals surface area contributed by atoms with Crippen LogP contribution < -0.4 is 34.9 Å². The van der Waals surface area contributed by atoms with E-state index in [1.165, 1.54) is 12.1 Å². The number of likely N-dealkylation sites (N-methyl/N-ethyl adjacent to an activating group) is 1. The highest BCUT2D eigenvalue weighted by Gasteiger charge is 2.03. The highest BCUT2D eigenvalue weighted by Crippen LogP contribution is 2.19. The van der Waals surface area contributed by atoms with Crippen LogP contribution in [0.3, 0.4) is 0 Å². The molecule has 0 unspecified atom stereocenters. The summed E-state index contributed by atoms with van der Waals surface area (Å²) in [6.07, 6.45) is 0. The molecule has 1 N–H and O–H groups in total. The van der Waals surface area contributed by atoms with E-state index in [1.807, 2.05) is 18.2 Å². The maximum absolute atomic E-state index is 12.9. The van der Waals surface area contributed by atoms with Crippen LogP contribution in [-0.4, -0.2) is 32.1 Å². The second-order valence-electron chi connectivity index (χ2n) is 5.50. The normalized spacial score (nSPS) is 10.0. The Kier molecular flexibility index (Phi) is 11.4. The van der Waals surface area contributed by atoms with Crippen LogP contribution in [0.25, 0.3) is 0 Å². The van der Waals surface area contributed by atoms with Crippen molar-refractivity contribution in [2.75, 3.05) is 27.2 Å². The van der Waals surface area contributed by atoms with E-state index < -0.39 is 0 Å². The van der Waals surface area contributed by atoms with Gasteiger partial charge in [0.25, 0.3) is 0 Å². The third-order valence-corrected chi connectivity index (χ3v) is 3.33. The number of halogens is 3. The van der Waals surface area contributed by atoms with E-state index in [-0.39, 0.29) is 30.6 Å². The molecule has 0 fully saturated rings. The predicted molar refractivity (Wildman–Crippen MR) is 87.4 cm³/mol. The average molecular weight is 373 g/mol. The minimum Gasteiger partial charge on any atom is -1.00 e. The van der Waals surface area contributed by atoms with Crippen molar-refractivity contribution in [1.29, 1.82) is 0 Å². The third-order valence-electron chi connectivity index (χ3n) is 3.33. The maximum atomic E-state index is 12.9. The van der Waals surface area contributed by atoms with E-state index in [1.54, 1.807) is 12.1 Å². The van der Waals surface area contributed by atoms with E-state index in [9.17, 15) is 4.39 Å². The molecule has 0 aliphatic heterocycles. The Morgan fingerprint density at radius 1 is 1.00 bits per heavy atom. The Hall–Kier alpha value is -1.33. The summed E-state index contributed by atoms with van der Waals surface area (Å²) >= 11 is 0. The highest BCUT2D eigenvalue weighted by atomic mass is 35.5. The third kappa shape index (κ3) is 7.97. The second kappa shape index (κ2) is 12.1. The zero-order valence-corrected chi connectivity index (χ0v) is 15.4. The number of hydrogen-bond acceptors (Lipinski definition) is 3. The Morgan fingerprint density at radius 3 is 2.33 bits per heavy atom. The van der Waals surface area contributed by atoms with Gasteiger partial charge in [0.05, 0.1) is 0 Å². The van der Waals surface area contributed by atoms with Crippen molar-refractivity contribution in [3.8, 4) is 5.75 Å². The summed E-state index contributed by atoms with van der Waals surface area (Å²) in [5.74, 6) is 0.637. The van der Waals surface area contributed by atoms with Gasteiger partial charge in [-0.25, -0.2) is 4.39 Å². The molecule has 0 saturated heterocycles. The monoisotopic (exact) mass is 372 g/mol. The van der Waals surface area contributed by atoms with Crippen molar-refractivity contribution >= 4 is 0 Å². The average Bonchev–Trinajstić information content (AvgIpc) is 2.52. The van der Waals surface area contributed by atoms with Crippen LogP contribution in [-0.2, 0) is 13.2 Å². The Morgan fingerprint density at radius 2 is 1.67 bits per heavy atom. The van der Waals surface area contributed by atoms with Crippen LogP contribution in [0.5, 0.6) is 5.75 Å². The summed E-state index contributed by atoms with van der Waals surface area (Å²) in [5.41, 5.74) is 2.08. The zero-order valence-electron chi connectivity index (χ0n) is 13.9. The van der Waals surface area contributed by atoms with Crippen molar-refractivity contribution in [1.82, 2.24) is 10.2 Å². The van der Waals surface area contributed by atoms with Gasteiger partial charge < -0.3 is 39.8 Å². The van der Waals surface area contributed by atoms with Gasteiger partial charge in [-0.15, -0.1) is 0 Å². The number of nitrogens with one attached hydrogen (secondary N) is 1.